The summed E-state index contributed by atoms with van der Waals surface area (Å²) >= 11 is 0. The molecule has 0 fully saturated rings. The first kappa shape index (κ1) is 25.1. The van der Waals surface area contributed by atoms with Crippen LogP contribution in [0, 0.1) is 6.92 Å². The molecule has 0 aliphatic heterocycles. The number of ether oxygens (including phenoxy) is 1. The molecule has 0 aliphatic rings. The number of methoxy groups -OCH3 is 1. The molecule has 1 heterocycles. The number of para-hydroxylation sites is 1. The molecular weight excluding hydrogens is 430 g/mol. The molecule has 3 aromatic rings. The van der Waals surface area contributed by atoms with E-state index in [9.17, 15) is 9.59 Å². The van der Waals surface area contributed by atoms with E-state index in [1.54, 1.807) is 12.0 Å². The number of carbonyl (C=O) groups is 2. The van der Waals surface area contributed by atoms with Crippen molar-refractivity contribution in [2.45, 2.75) is 26.3 Å². The summed E-state index contributed by atoms with van der Waals surface area (Å²) in [6.07, 6.45) is 1.35. The second-order valence-electron chi connectivity index (χ2n) is 8.13. The molecule has 2 aromatic carbocycles. The van der Waals surface area contributed by atoms with Crippen LogP contribution in [-0.2, 0) is 22.5 Å². The number of furan rings is 1. The third-order valence-corrected chi connectivity index (χ3v) is 5.42. The first-order valence-electron chi connectivity index (χ1n) is 11.5. The molecule has 3 rings (SSSR count). The molecule has 1 N–H and O–H groups in total. The van der Waals surface area contributed by atoms with Crippen LogP contribution >= 0.6 is 0 Å². The Hall–Kier alpha value is -3.58. The third kappa shape index (κ3) is 8.08. The number of nitrogens with zero attached hydrogens (tertiary/aromatic N) is 2. The number of nitrogens with one attached hydrogen (secondary N) is 1. The summed E-state index contributed by atoms with van der Waals surface area (Å²) in [5.74, 6) is 1.39. The minimum absolute atomic E-state index is 0.0309. The second kappa shape index (κ2) is 13.2. The molecule has 0 saturated carbocycles. The number of hydrogen-bond donors (Lipinski definition) is 1. The van der Waals surface area contributed by atoms with Gasteiger partial charge in [-0.05, 0) is 49.6 Å². The van der Waals surface area contributed by atoms with Crippen molar-refractivity contribution < 1.29 is 18.7 Å². The van der Waals surface area contributed by atoms with Crippen LogP contribution in [0.25, 0.3) is 0 Å². The standard InChI is InChI=1S/C27H33N3O4/c1-22-14-15-25(34-22)20-29(18-16-23-10-5-3-6-11-23)26(31)21-30(17-9-19-33-2)27(32)28-24-12-7-4-8-13-24/h3-8,10-15H,9,16-21H2,1-2H3,(H,28,32). The summed E-state index contributed by atoms with van der Waals surface area (Å²) in [5, 5.41) is 2.88. The Bertz CT molecular complexity index is 1020. The highest BCUT2D eigenvalue weighted by Crippen LogP contribution is 2.13. The van der Waals surface area contributed by atoms with Crippen LogP contribution in [0.2, 0.25) is 0 Å². The van der Waals surface area contributed by atoms with Gasteiger partial charge < -0.3 is 24.3 Å². The highest BCUT2D eigenvalue weighted by Gasteiger charge is 2.22. The lowest BCUT2D eigenvalue weighted by Gasteiger charge is -2.27. The van der Waals surface area contributed by atoms with E-state index in [2.05, 4.69) is 5.32 Å². The summed E-state index contributed by atoms with van der Waals surface area (Å²) in [4.78, 5) is 29.7. The topological polar surface area (TPSA) is 75.0 Å². The summed E-state index contributed by atoms with van der Waals surface area (Å²) in [6, 6.07) is 22.7. The summed E-state index contributed by atoms with van der Waals surface area (Å²) in [7, 11) is 1.62. The van der Waals surface area contributed by atoms with Crippen molar-refractivity contribution in [2.24, 2.45) is 0 Å². The van der Waals surface area contributed by atoms with Crippen LogP contribution in [-0.4, -0.2) is 55.1 Å². The van der Waals surface area contributed by atoms with Crippen LogP contribution in [0.4, 0.5) is 10.5 Å². The van der Waals surface area contributed by atoms with Gasteiger partial charge in [-0.2, -0.15) is 0 Å². The van der Waals surface area contributed by atoms with Gasteiger partial charge in [-0.3, -0.25) is 4.79 Å². The Balaban J connectivity index is 1.71. The SMILES string of the molecule is COCCCN(CC(=O)N(CCc1ccccc1)Cc1ccc(C)o1)C(=O)Nc1ccccc1. The number of amides is 3. The van der Waals surface area contributed by atoms with Crippen molar-refractivity contribution in [3.05, 3.63) is 89.9 Å². The molecule has 0 saturated heterocycles. The molecule has 7 nitrogen and oxygen atoms in total. The highest BCUT2D eigenvalue weighted by atomic mass is 16.5. The minimum atomic E-state index is -0.312. The maximum absolute atomic E-state index is 13.4. The lowest BCUT2D eigenvalue weighted by atomic mass is 10.1. The Labute approximate surface area is 201 Å². The van der Waals surface area contributed by atoms with Crippen LogP contribution in [0.5, 0.6) is 0 Å². The number of rotatable bonds is 12. The Morgan fingerprint density at radius 1 is 0.912 bits per heavy atom. The maximum atomic E-state index is 13.4. The largest absolute Gasteiger partial charge is 0.464 e. The molecule has 0 bridgehead atoms. The number of benzene rings is 2. The van der Waals surface area contributed by atoms with Gasteiger partial charge in [0.15, 0.2) is 0 Å². The van der Waals surface area contributed by atoms with Crippen molar-refractivity contribution in [3.63, 3.8) is 0 Å². The smallest absolute Gasteiger partial charge is 0.322 e. The monoisotopic (exact) mass is 463 g/mol. The van der Waals surface area contributed by atoms with Gasteiger partial charge in [-0.15, -0.1) is 0 Å². The fraction of sp³-hybridized carbons (Fsp3) is 0.333. The summed E-state index contributed by atoms with van der Waals surface area (Å²) < 4.78 is 10.9. The van der Waals surface area contributed by atoms with Gasteiger partial charge in [0.25, 0.3) is 0 Å². The molecule has 0 unspecified atom stereocenters. The zero-order chi connectivity index (χ0) is 24.2. The number of aryl methyl sites for hydroxylation is 1. The molecular formula is C27H33N3O4. The van der Waals surface area contributed by atoms with E-state index in [0.29, 0.717) is 44.8 Å². The third-order valence-electron chi connectivity index (χ3n) is 5.42. The van der Waals surface area contributed by atoms with Crippen LogP contribution in [0.3, 0.4) is 0 Å². The quantitative estimate of drug-likeness (QED) is 0.394. The van der Waals surface area contributed by atoms with Crippen LogP contribution < -0.4 is 5.32 Å². The van der Waals surface area contributed by atoms with Crippen molar-refractivity contribution in [1.82, 2.24) is 9.80 Å². The van der Waals surface area contributed by atoms with E-state index in [1.807, 2.05) is 79.7 Å². The van der Waals surface area contributed by atoms with Gasteiger partial charge in [-0.1, -0.05) is 48.5 Å². The van der Waals surface area contributed by atoms with Gasteiger partial charge in [0.2, 0.25) is 5.91 Å². The Morgan fingerprint density at radius 2 is 1.62 bits per heavy atom. The Morgan fingerprint density at radius 3 is 2.26 bits per heavy atom. The van der Waals surface area contributed by atoms with E-state index in [0.717, 1.165) is 17.1 Å². The fourth-order valence-corrected chi connectivity index (χ4v) is 3.60. The number of urea groups is 1. The van der Waals surface area contributed by atoms with E-state index >= 15 is 0 Å². The molecule has 0 radical (unpaired) electrons. The maximum Gasteiger partial charge on any atom is 0.322 e. The van der Waals surface area contributed by atoms with Crippen LogP contribution in [0.15, 0.2) is 77.2 Å². The highest BCUT2D eigenvalue weighted by molar-refractivity contribution is 5.92. The normalized spacial score (nSPS) is 10.6. The second-order valence-corrected chi connectivity index (χ2v) is 8.13. The molecule has 180 valence electrons. The Kier molecular flexibility index (Phi) is 9.73. The molecule has 7 heteroatoms. The van der Waals surface area contributed by atoms with E-state index in [-0.39, 0.29) is 18.5 Å². The predicted octanol–water partition coefficient (Wildman–Crippen LogP) is 4.73. The number of hydrogen-bond acceptors (Lipinski definition) is 4. The van der Waals surface area contributed by atoms with Gasteiger partial charge in [-0.25, -0.2) is 4.79 Å². The zero-order valence-corrected chi connectivity index (χ0v) is 19.9. The molecule has 0 atom stereocenters. The van der Waals surface area contributed by atoms with Crippen molar-refractivity contribution in [2.75, 3.05) is 38.7 Å². The predicted molar refractivity (Wildman–Crippen MR) is 133 cm³/mol. The van der Waals surface area contributed by atoms with E-state index in [4.69, 9.17) is 9.15 Å². The summed E-state index contributed by atoms with van der Waals surface area (Å²) in [5.41, 5.74) is 1.83. The molecule has 34 heavy (non-hydrogen) atoms. The molecule has 0 aliphatic carbocycles. The van der Waals surface area contributed by atoms with Crippen LogP contribution in [0.1, 0.15) is 23.5 Å². The van der Waals surface area contributed by atoms with Gasteiger partial charge in [0.1, 0.15) is 18.1 Å². The van der Waals surface area contributed by atoms with Gasteiger partial charge in [0.05, 0.1) is 6.54 Å². The van der Waals surface area contributed by atoms with Crippen molar-refractivity contribution >= 4 is 17.6 Å². The number of carbonyl (C=O) groups excluding carboxylic acids is 2. The zero-order valence-electron chi connectivity index (χ0n) is 19.9. The van der Waals surface area contributed by atoms with Crippen molar-refractivity contribution in [3.8, 4) is 0 Å². The lowest BCUT2D eigenvalue weighted by Crippen LogP contribution is -2.45. The lowest BCUT2D eigenvalue weighted by molar-refractivity contribution is -0.132. The van der Waals surface area contributed by atoms with Gasteiger partial charge in [0, 0.05) is 32.5 Å². The first-order valence-corrected chi connectivity index (χ1v) is 11.5. The van der Waals surface area contributed by atoms with Crippen molar-refractivity contribution in [1.29, 1.82) is 0 Å². The molecule has 1 aromatic heterocycles. The van der Waals surface area contributed by atoms with Gasteiger partial charge >= 0.3 is 6.03 Å². The van der Waals surface area contributed by atoms with E-state index in [1.165, 1.54) is 4.90 Å². The van der Waals surface area contributed by atoms with E-state index < -0.39 is 0 Å². The minimum Gasteiger partial charge on any atom is -0.464 e. The molecule has 0 spiro atoms. The number of anilines is 1. The average molecular weight is 464 g/mol. The molecule has 3 amide bonds. The first-order chi connectivity index (χ1) is 16.5. The summed E-state index contributed by atoms with van der Waals surface area (Å²) in [6.45, 7) is 3.64. The average Bonchev–Trinajstić information content (AvgIpc) is 3.27. The fourth-order valence-electron chi connectivity index (χ4n) is 3.60.